The fourth-order valence-electron chi connectivity index (χ4n) is 4.94. The maximum absolute atomic E-state index is 13.7. The molecular formula is C24H18Cl2N2O2. The van der Waals surface area contributed by atoms with Gasteiger partial charge in [0.25, 0.3) is 0 Å². The van der Waals surface area contributed by atoms with Crippen molar-refractivity contribution in [3.63, 3.8) is 0 Å². The van der Waals surface area contributed by atoms with E-state index >= 15 is 0 Å². The summed E-state index contributed by atoms with van der Waals surface area (Å²) in [4.78, 5) is 26.6. The Hall–Kier alpha value is -2.82. The van der Waals surface area contributed by atoms with Crippen LogP contribution < -0.4 is 10.6 Å². The molecule has 30 heavy (non-hydrogen) atoms. The van der Waals surface area contributed by atoms with E-state index in [1.807, 2.05) is 54.6 Å². The molecule has 3 aromatic rings. The summed E-state index contributed by atoms with van der Waals surface area (Å²) in [5.74, 6) is -0.647. The van der Waals surface area contributed by atoms with Crippen LogP contribution in [0.5, 0.6) is 0 Å². The molecule has 150 valence electrons. The largest absolute Gasteiger partial charge is 0.348 e. The molecule has 2 N–H and O–H groups in total. The van der Waals surface area contributed by atoms with Crippen LogP contribution in [0, 0.1) is 0 Å². The van der Waals surface area contributed by atoms with Gasteiger partial charge in [0.1, 0.15) is 5.41 Å². The van der Waals surface area contributed by atoms with Gasteiger partial charge in [-0.2, -0.15) is 0 Å². The van der Waals surface area contributed by atoms with Gasteiger partial charge in [0.2, 0.25) is 11.8 Å². The molecule has 2 amide bonds. The van der Waals surface area contributed by atoms with Crippen molar-refractivity contribution < 1.29 is 9.59 Å². The van der Waals surface area contributed by atoms with Crippen molar-refractivity contribution >= 4 is 40.7 Å². The number of anilines is 1. The van der Waals surface area contributed by atoms with Crippen LogP contribution in [0.2, 0.25) is 10.0 Å². The molecule has 0 bridgehead atoms. The van der Waals surface area contributed by atoms with Crippen LogP contribution in [-0.4, -0.2) is 11.8 Å². The number of rotatable bonds is 2. The number of nitrogens with one attached hydrogen (secondary N) is 2. The number of benzene rings is 3. The van der Waals surface area contributed by atoms with E-state index in [0.29, 0.717) is 15.7 Å². The number of piperidine rings is 1. The Morgan fingerprint density at radius 3 is 2.33 bits per heavy atom. The van der Waals surface area contributed by atoms with Gasteiger partial charge < -0.3 is 10.6 Å². The van der Waals surface area contributed by atoms with Gasteiger partial charge in [-0.25, -0.2) is 0 Å². The summed E-state index contributed by atoms with van der Waals surface area (Å²) in [7, 11) is 0. The lowest BCUT2D eigenvalue weighted by Gasteiger charge is -2.46. The summed E-state index contributed by atoms with van der Waals surface area (Å²) in [5.41, 5.74) is 2.21. The Labute approximate surface area is 184 Å². The summed E-state index contributed by atoms with van der Waals surface area (Å²) in [6.45, 7) is 0. The second-order valence-corrected chi connectivity index (χ2v) is 8.61. The second kappa shape index (κ2) is 7.15. The summed E-state index contributed by atoms with van der Waals surface area (Å²) >= 11 is 12.5. The van der Waals surface area contributed by atoms with Crippen LogP contribution in [0.15, 0.2) is 72.8 Å². The number of hydrogen-bond acceptors (Lipinski definition) is 2. The summed E-state index contributed by atoms with van der Waals surface area (Å²) in [5, 5.41) is 7.23. The van der Waals surface area contributed by atoms with E-state index in [9.17, 15) is 9.59 Å². The lowest BCUT2D eigenvalue weighted by atomic mass is 9.59. The van der Waals surface area contributed by atoms with E-state index in [0.717, 1.165) is 16.7 Å². The topological polar surface area (TPSA) is 58.2 Å². The fourth-order valence-corrected chi connectivity index (χ4v) is 5.31. The number of amides is 2. The summed E-state index contributed by atoms with van der Waals surface area (Å²) in [6, 6.07) is 21.9. The number of fused-ring (bicyclic) bond motifs is 2. The Kier molecular flexibility index (Phi) is 4.57. The molecule has 2 aliphatic heterocycles. The van der Waals surface area contributed by atoms with Crippen LogP contribution in [-0.2, 0) is 15.0 Å². The highest BCUT2D eigenvalue weighted by molar-refractivity contribution is 6.31. The van der Waals surface area contributed by atoms with Gasteiger partial charge in [0, 0.05) is 28.1 Å². The van der Waals surface area contributed by atoms with Crippen molar-refractivity contribution in [1.29, 1.82) is 0 Å². The van der Waals surface area contributed by atoms with E-state index < -0.39 is 17.4 Å². The Bertz CT molecular complexity index is 1160. The lowest BCUT2D eigenvalue weighted by molar-refractivity contribution is -0.131. The average molecular weight is 437 g/mol. The van der Waals surface area contributed by atoms with Crippen LogP contribution in [0.4, 0.5) is 5.69 Å². The molecule has 2 aliphatic rings. The molecule has 0 aliphatic carbocycles. The van der Waals surface area contributed by atoms with Gasteiger partial charge in [-0.05, 0) is 41.0 Å². The van der Waals surface area contributed by atoms with Crippen molar-refractivity contribution in [3.8, 4) is 0 Å². The zero-order chi connectivity index (χ0) is 20.9. The normalized spacial score (nSPS) is 25.0. The van der Waals surface area contributed by atoms with Gasteiger partial charge >= 0.3 is 0 Å². The fraction of sp³-hybridized carbons (Fsp3) is 0.167. The standard InChI is InChI=1S/C24H18Cl2N2O2/c25-16-8-4-7-15(11-16)19-13-21(29)28-22(14-5-2-1-3-6-14)24(19)18-10-9-17(26)12-20(18)27-23(24)30/h1-12,19,22H,13H2,(H,27,30)(H,28,29)/t19-,22+,24-/m1/s1. The molecule has 1 fully saturated rings. The maximum Gasteiger partial charge on any atom is 0.238 e. The molecule has 1 spiro atoms. The molecule has 0 saturated carbocycles. The smallest absolute Gasteiger partial charge is 0.238 e. The predicted molar refractivity (Wildman–Crippen MR) is 118 cm³/mol. The minimum Gasteiger partial charge on any atom is -0.348 e. The third-order valence-electron chi connectivity index (χ3n) is 6.13. The zero-order valence-electron chi connectivity index (χ0n) is 15.9. The SMILES string of the molecule is O=C1C[C@H](c2cccc(Cl)c2)[C@@]2(C(=O)Nc3cc(Cl)ccc32)[C@H](c2ccccc2)N1. The Morgan fingerprint density at radius 2 is 1.57 bits per heavy atom. The highest BCUT2D eigenvalue weighted by atomic mass is 35.5. The molecule has 6 heteroatoms. The first-order chi connectivity index (χ1) is 14.5. The molecule has 3 atom stereocenters. The summed E-state index contributed by atoms with van der Waals surface area (Å²) < 4.78 is 0. The van der Waals surface area contributed by atoms with Crippen molar-refractivity contribution in [3.05, 3.63) is 99.5 Å². The minimum atomic E-state index is -1.03. The van der Waals surface area contributed by atoms with Crippen molar-refractivity contribution in [2.24, 2.45) is 0 Å². The molecule has 3 aromatic carbocycles. The van der Waals surface area contributed by atoms with Crippen LogP contribution in [0.25, 0.3) is 0 Å². The average Bonchev–Trinajstić information content (AvgIpc) is 3.01. The van der Waals surface area contributed by atoms with Crippen LogP contribution in [0.3, 0.4) is 0 Å². The van der Waals surface area contributed by atoms with Gasteiger partial charge in [-0.1, -0.05) is 71.7 Å². The summed E-state index contributed by atoms with van der Waals surface area (Å²) in [6.07, 6.45) is 0.180. The van der Waals surface area contributed by atoms with Gasteiger partial charge in [-0.15, -0.1) is 0 Å². The third-order valence-corrected chi connectivity index (χ3v) is 6.61. The highest BCUT2D eigenvalue weighted by Crippen LogP contribution is 2.57. The zero-order valence-corrected chi connectivity index (χ0v) is 17.4. The molecule has 5 rings (SSSR count). The van der Waals surface area contributed by atoms with Crippen LogP contribution in [0.1, 0.15) is 35.1 Å². The Balaban J connectivity index is 1.81. The van der Waals surface area contributed by atoms with E-state index in [1.54, 1.807) is 18.2 Å². The number of carbonyl (C=O) groups excluding carboxylic acids is 2. The quantitative estimate of drug-likeness (QED) is 0.577. The number of hydrogen-bond donors (Lipinski definition) is 2. The first-order valence-corrected chi connectivity index (χ1v) is 10.5. The number of carbonyl (C=O) groups is 2. The highest BCUT2D eigenvalue weighted by Gasteiger charge is 2.61. The molecule has 1 saturated heterocycles. The first kappa shape index (κ1) is 19.2. The van der Waals surface area contributed by atoms with Gasteiger partial charge in [0.15, 0.2) is 0 Å². The van der Waals surface area contributed by atoms with E-state index in [1.165, 1.54) is 0 Å². The molecule has 4 nitrogen and oxygen atoms in total. The maximum atomic E-state index is 13.7. The minimum absolute atomic E-state index is 0.102. The second-order valence-electron chi connectivity index (χ2n) is 7.74. The number of halogens is 2. The monoisotopic (exact) mass is 436 g/mol. The molecule has 0 aromatic heterocycles. The Morgan fingerprint density at radius 1 is 0.833 bits per heavy atom. The van der Waals surface area contributed by atoms with Crippen molar-refractivity contribution in [2.45, 2.75) is 23.8 Å². The van der Waals surface area contributed by atoms with E-state index in [2.05, 4.69) is 10.6 Å². The predicted octanol–water partition coefficient (Wildman–Crippen LogP) is 5.23. The van der Waals surface area contributed by atoms with E-state index in [4.69, 9.17) is 23.2 Å². The first-order valence-electron chi connectivity index (χ1n) is 9.71. The van der Waals surface area contributed by atoms with Gasteiger partial charge in [0.05, 0.1) is 6.04 Å². The molecule has 0 unspecified atom stereocenters. The lowest BCUT2D eigenvalue weighted by Crippen LogP contribution is -2.56. The molecule has 2 heterocycles. The molecular weight excluding hydrogens is 419 g/mol. The van der Waals surface area contributed by atoms with Crippen molar-refractivity contribution in [1.82, 2.24) is 5.32 Å². The third kappa shape index (κ3) is 2.83. The van der Waals surface area contributed by atoms with Gasteiger partial charge in [-0.3, -0.25) is 9.59 Å². The van der Waals surface area contributed by atoms with Crippen LogP contribution >= 0.6 is 23.2 Å². The van der Waals surface area contributed by atoms with Crippen molar-refractivity contribution in [2.75, 3.05) is 5.32 Å². The molecule has 0 radical (unpaired) electrons. The van der Waals surface area contributed by atoms with E-state index in [-0.39, 0.29) is 18.2 Å².